The number of hydroxylamine groups is 2. The van der Waals surface area contributed by atoms with E-state index in [-0.39, 0.29) is 30.0 Å². The molecule has 5 rings (SSSR count). The van der Waals surface area contributed by atoms with Gasteiger partial charge >= 0.3 is 0 Å². The number of rotatable bonds is 10. The molecule has 1 N–H and O–H groups in total. The number of hydrogen-bond donors (Lipinski definition) is 1. The molecular weight excluding hydrogens is 483 g/mol. The SMILES string of the molecule is CCN1C[C@@H](CC(=O)Cc2c(C)c(OCC3CCNCC3)nn2-c2ccccc2)[C@H](c2ccc(F)cc2)O1. The first kappa shape index (κ1) is 26.5. The van der Waals surface area contributed by atoms with E-state index in [1.165, 1.54) is 12.1 Å². The number of hydrogen-bond acceptors (Lipinski definition) is 6. The first-order valence-corrected chi connectivity index (χ1v) is 13.7. The molecule has 7 nitrogen and oxygen atoms in total. The van der Waals surface area contributed by atoms with Gasteiger partial charge in [-0.1, -0.05) is 37.3 Å². The van der Waals surface area contributed by atoms with Crippen LogP contribution in [0.15, 0.2) is 54.6 Å². The number of benzene rings is 2. The third-order valence-corrected chi connectivity index (χ3v) is 7.65. The fraction of sp³-hybridized carbons (Fsp3) is 0.467. The molecule has 2 aliphatic rings. The molecule has 2 aliphatic heterocycles. The molecule has 38 heavy (non-hydrogen) atoms. The summed E-state index contributed by atoms with van der Waals surface area (Å²) in [6, 6.07) is 16.3. The molecule has 0 aliphatic carbocycles. The van der Waals surface area contributed by atoms with Crippen LogP contribution in [0.25, 0.3) is 5.69 Å². The minimum absolute atomic E-state index is 0.0167. The fourth-order valence-corrected chi connectivity index (χ4v) is 5.44. The van der Waals surface area contributed by atoms with Gasteiger partial charge in [-0.05, 0) is 68.6 Å². The van der Waals surface area contributed by atoms with E-state index in [0.29, 0.717) is 31.4 Å². The molecule has 3 heterocycles. The highest BCUT2D eigenvalue weighted by Crippen LogP contribution is 2.37. The summed E-state index contributed by atoms with van der Waals surface area (Å²) in [5.41, 5.74) is 3.55. The Kier molecular flexibility index (Phi) is 8.51. The van der Waals surface area contributed by atoms with Crippen LogP contribution in [0.3, 0.4) is 0 Å². The van der Waals surface area contributed by atoms with E-state index >= 15 is 0 Å². The Balaban J connectivity index is 1.34. The molecule has 0 unspecified atom stereocenters. The number of aromatic nitrogens is 2. The molecule has 0 radical (unpaired) electrons. The van der Waals surface area contributed by atoms with Gasteiger partial charge in [-0.25, -0.2) is 9.07 Å². The molecule has 0 bridgehead atoms. The van der Waals surface area contributed by atoms with E-state index in [4.69, 9.17) is 14.7 Å². The van der Waals surface area contributed by atoms with E-state index in [2.05, 4.69) is 5.32 Å². The Bertz CT molecular complexity index is 1210. The number of para-hydroxylation sites is 1. The number of carbonyl (C=O) groups excluding carboxylic acids is 1. The highest BCUT2D eigenvalue weighted by atomic mass is 19.1. The predicted molar refractivity (Wildman–Crippen MR) is 144 cm³/mol. The molecule has 2 fully saturated rings. The van der Waals surface area contributed by atoms with Gasteiger partial charge in [0.25, 0.3) is 0 Å². The van der Waals surface area contributed by atoms with E-state index in [9.17, 15) is 9.18 Å². The zero-order valence-electron chi connectivity index (χ0n) is 22.2. The Morgan fingerprint density at radius 3 is 2.58 bits per heavy atom. The summed E-state index contributed by atoms with van der Waals surface area (Å²) < 4.78 is 21.6. The number of Topliss-reactive ketones (excluding diaryl/α,β-unsaturated/α-hetero) is 1. The smallest absolute Gasteiger partial charge is 0.236 e. The molecule has 2 atom stereocenters. The molecule has 8 heteroatoms. The fourth-order valence-electron chi connectivity index (χ4n) is 5.44. The van der Waals surface area contributed by atoms with Gasteiger partial charge in [0, 0.05) is 37.4 Å². The van der Waals surface area contributed by atoms with Crippen LogP contribution in [0.5, 0.6) is 5.88 Å². The van der Waals surface area contributed by atoms with Crippen molar-refractivity contribution in [2.45, 2.75) is 45.6 Å². The molecular formula is C30H37FN4O3. The molecule has 0 spiro atoms. The lowest BCUT2D eigenvalue weighted by molar-refractivity contribution is -0.146. The van der Waals surface area contributed by atoms with Crippen molar-refractivity contribution in [2.24, 2.45) is 11.8 Å². The molecule has 2 saturated heterocycles. The third kappa shape index (κ3) is 6.14. The maximum absolute atomic E-state index is 13.5. The molecule has 1 aromatic heterocycles. The van der Waals surface area contributed by atoms with Gasteiger partial charge < -0.3 is 10.1 Å². The summed E-state index contributed by atoms with van der Waals surface area (Å²) in [5, 5.41) is 10.1. The van der Waals surface area contributed by atoms with Crippen molar-refractivity contribution in [1.82, 2.24) is 20.2 Å². The average molecular weight is 521 g/mol. The number of ether oxygens (including phenoxy) is 1. The molecule has 3 aromatic rings. The molecule has 2 aromatic carbocycles. The molecule has 0 amide bonds. The standard InChI is InChI=1S/C30H37FN4O3/c1-3-34-19-24(29(38-34)23-9-11-25(31)12-10-23)17-27(36)18-28-21(2)30(37-20-22-13-15-32-16-14-22)33-35(28)26-7-5-4-6-8-26/h4-12,22,24,29,32H,3,13-20H2,1-2H3/t24-,29+/m1/s1. The van der Waals surface area contributed by atoms with Crippen molar-refractivity contribution in [3.8, 4) is 11.6 Å². The van der Waals surface area contributed by atoms with Crippen molar-refractivity contribution in [1.29, 1.82) is 0 Å². The Morgan fingerprint density at radius 1 is 1.13 bits per heavy atom. The Hall–Kier alpha value is -3.07. The monoisotopic (exact) mass is 520 g/mol. The number of nitrogens with one attached hydrogen (secondary N) is 1. The average Bonchev–Trinajstić information content (AvgIpc) is 3.49. The van der Waals surface area contributed by atoms with Crippen LogP contribution < -0.4 is 10.1 Å². The van der Waals surface area contributed by atoms with Gasteiger partial charge in [-0.3, -0.25) is 9.63 Å². The minimum atomic E-state index is -0.283. The Labute approximate surface area is 223 Å². The molecule has 0 saturated carbocycles. The lowest BCUT2D eigenvalue weighted by atomic mass is 9.90. The highest BCUT2D eigenvalue weighted by molar-refractivity contribution is 5.81. The maximum atomic E-state index is 13.5. The summed E-state index contributed by atoms with van der Waals surface area (Å²) in [5.74, 6) is 0.927. The highest BCUT2D eigenvalue weighted by Gasteiger charge is 2.36. The lowest BCUT2D eigenvalue weighted by Gasteiger charge is -2.22. The zero-order chi connectivity index (χ0) is 26.5. The van der Waals surface area contributed by atoms with E-state index < -0.39 is 0 Å². The summed E-state index contributed by atoms with van der Waals surface area (Å²) in [6.07, 6.45) is 2.53. The van der Waals surface area contributed by atoms with Gasteiger partial charge in [0.1, 0.15) is 17.7 Å². The van der Waals surface area contributed by atoms with Crippen molar-refractivity contribution < 1.29 is 18.8 Å². The third-order valence-electron chi connectivity index (χ3n) is 7.65. The zero-order valence-corrected chi connectivity index (χ0v) is 22.2. The second kappa shape index (κ2) is 12.2. The van der Waals surface area contributed by atoms with E-state index in [1.54, 1.807) is 12.1 Å². The second-order valence-corrected chi connectivity index (χ2v) is 10.4. The van der Waals surface area contributed by atoms with Crippen LogP contribution in [-0.4, -0.2) is 53.4 Å². The van der Waals surface area contributed by atoms with Gasteiger partial charge in [-0.15, -0.1) is 5.10 Å². The Morgan fingerprint density at radius 2 is 1.87 bits per heavy atom. The second-order valence-electron chi connectivity index (χ2n) is 10.4. The van der Waals surface area contributed by atoms with Crippen molar-refractivity contribution in [3.05, 3.63) is 77.2 Å². The van der Waals surface area contributed by atoms with Gasteiger partial charge in [0.15, 0.2) is 0 Å². The number of nitrogens with zero attached hydrogens (tertiary/aromatic N) is 3. The van der Waals surface area contributed by atoms with Crippen LogP contribution >= 0.6 is 0 Å². The number of ketones is 1. The quantitative estimate of drug-likeness (QED) is 0.413. The summed E-state index contributed by atoms with van der Waals surface area (Å²) in [6.45, 7) is 8.07. The first-order chi connectivity index (χ1) is 18.5. The maximum Gasteiger partial charge on any atom is 0.236 e. The first-order valence-electron chi connectivity index (χ1n) is 13.7. The molecule has 202 valence electrons. The normalized spacial score (nSPS) is 20.6. The van der Waals surface area contributed by atoms with Crippen LogP contribution in [0, 0.1) is 24.6 Å². The van der Waals surface area contributed by atoms with E-state index in [0.717, 1.165) is 55.0 Å². The van der Waals surface area contributed by atoms with Crippen LogP contribution in [0.1, 0.15) is 49.1 Å². The minimum Gasteiger partial charge on any atom is -0.476 e. The lowest BCUT2D eigenvalue weighted by Crippen LogP contribution is -2.30. The topological polar surface area (TPSA) is 68.6 Å². The van der Waals surface area contributed by atoms with Gasteiger partial charge in [-0.2, -0.15) is 5.06 Å². The van der Waals surface area contributed by atoms with Gasteiger partial charge in [0.05, 0.1) is 18.0 Å². The number of piperidine rings is 1. The van der Waals surface area contributed by atoms with Crippen LogP contribution in [0.2, 0.25) is 0 Å². The van der Waals surface area contributed by atoms with Crippen molar-refractivity contribution in [2.75, 3.05) is 32.8 Å². The summed E-state index contributed by atoms with van der Waals surface area (Å²) in [7, 11) is 0. The van der Waals surface area contributed by atoms with E-state index in [1.807, 2.05) is 53.9 Å². The van der Waals surface area contributed by atoms with Crippen molar-refractivity contribution >= 4 is 5.78 Å². The number of halogens is 1. The largest absolute Gasteiger partial charge is 0.476 e. The predicted octanol–water partition coefficient (Wildman–Crippen LogP) is 4.82. The summed E-state index contributed by atoms with van der Waals surface area (Å²) in [4.78, 5) is 19.6. The van der Waals surface area contributed by atoms with Crippen molar-refractivity contribution in [3.63, 3.8) is 0 Å². The van der Waals surface area contributed by atoms with Crippen LogP contribution in [-0.2, 0) is 16.1 Å². The van der Waals surface area contributed by atoms with Crippen LogP contribution in [0.4, 0.5) is 4.39 Å². The number of carbonyl (C=O) groups is 1. The summed E-state index contributed by atoms with van der Waals surface area (Å²) >= 11 is 0. The van der Waals surface area contributed by atoms with Gasteiger partial charge in [0.2, 0.25) is 5.88 Å².